The van der Waals surface area contributed by atoms with Gasteiger partial charge in [-0.3, -0.25) is 0 Å². The van der Waals surface area contributed by atoms with Crippen molar-refractivity contribution in [1.29, 1.82) is 0 Å². The molecule has 1 unspecified atom stereocenters. The number of halogens is 4. The standard InChI is InChI=1S/C18H14O8.C13H18ClF3N2O/c19-15(20)13(25-17(23)11-7-3-1-4-8-11)14(16(21)22)26-18(24)12-9-5-2-6-10-12;1-12(2,3)19-10(6-20)7-4-8(13(15,16)17)11(18)9(14)5-7/h1-10,13-14H,(H,19,20)(H,21,22);4-5,10,19-20H,6,18H2,1-3H3/t13-,14-;/m1./s1. The predicted octanol–water partition coefficient (Wildman–Crippen LogP) is 4.97. The van der Waals surface area contributed by atoms with E-state index < -0.39 is 59.6 Å². The highest BCUT2D eigenvalue weighted by Gasteiger charge is 2.41. The van der Waals surface area contributed by atoms with Gasteiger partial charge in [-0.15, -0.1) is 0 Å². The monoisotopic (exact) mass is 668 g/mol. The molecule has 0 saturated heterocycles. The fourth-order valence-electron chi connectivity index (χ4n) is 3.83. The summed E-state index contributed by atoms with van der Waals surface area (Å²) in [5.41, 5.74) is 3.80. The van der Waals surface area contributed by atoms with Crippen LogP contribution in [0.3, 0.4) is 0 Å². The van der Waals surface area contributed by atoms with Gasteiger partial charge in [0, 0.05) is 5.54 Å². The molecule has 0 aliphatic heterocycles. The zero-order chi connectivity index (χ0) is 34.8. The van der Waals surface area contributed by atoms with Crippen LogP contribution in [-0.2, 0) is 25.2 Å². The molecule has 0 aromatic heterocycles. The van der Waals surface area contributed by atoms with Gasteiger partial charge in [0.2, 0.25) is 12.2 Å². The highest BCUT2D eigenvalue weighted by atomic mass is 35.5. The number of esters is 2. The Balaban J connectivity index is 0.000000332. The average Bonchev–Trinajstić information content (AvgIpc) is 2.98. The molecular formula is C31H32ClF3N2O9. The summed E-state index contributed by atoms with van der Waals surface area (Å²) in [6.07, 6.45) is -9.02. The summed E-state index contributed by atoms with van der Waals surface area (Å²) in [5.74, 6) is -5.63. The van der Waals surface area contributed by atoms with Gasteiger partial charge in [-0.25, -0.2) is 19.2 Å². The number of anilines is 1. The van der Waals surface area contributed by atoms with Crippen molar-refractivity contribution in [2.24, 2.45) is 0 Å². The molecule has 6 N–H and O–H groups in total. The van der Waals surface area contributed by atoms with E-state index >= 15 is 0 Å². The van der Waals surface area contributed by atoms with Crippen LogP contribution in [0.25, 0.3) is 0 Å². The molecule has 0 radical (unpaired) electrons. The van der Waals surface area contributed by atoms with Gasteiger partial charge in [-0.05, 0) is 62.7 Å². The van der Waals surface area contributed by atoms with Crippen molar-refractivity contribution in [3.63, 3.8) is 0 Å². The van der Waals surface area contributed by atoms with E-state index in [9.17, 15) is 47.7 Å². The minimum absolute atomic E-state index is 0.0253. The molecule has 0 bridgehead atoms. The van der Waals surface area contributed by atoms with Crippen molar-refractivity contribution in [3.8, 4) is 0 Å². The van der Waals surface area contributed by atoms with E-state index in [4.69, 9.17) is 26.8 Å². The fourth-order valence-corrected chi connectivity index (χ4v) is 4.06. The van der Waals surface area contributed by atoms with Crippen LogP contribution in [0.5, 0.6) is 0 Å². The summed E-state index contributed by atoms with van der Waals surface area (Å²) in [6, 6.07) is 16.4. The summed E-state index contributed by atoms with van der Waals surface area (Å²) in [6.45, 7) is 5.19. The molecule has 46 heavy (non-hydrogen) atoms. The number of hydrogen-bond acceptors (Lipinski definition) is 9. The van der Waals surface area contributed by atoms with E-state index in [-0.39, 0.29) is 33.9 Å². The maximum absolute atomic E-state index is 12.9. The largest absolute Gasteiger partial charge is 0.478 e. The van der Waals surface area contributed by atoms with Gasteiger partial charge in [0.15, 0.2) is 0 Å². The molecule has 11 nitrogen and oxygen atoms in total. The van der Waals surface area contributed by atoms with Crippen LogP contribution in [0, 0.1) is 0 Å². The van der Waals surface area contributed by atoms with Crippen LogP contribution < -0.4 is 11.1 Å². The Labute approximate surface area is 266 Å². The van der Waals surface area contributed by atoms with Gasteiger partial charge >= 0.3 is 30.1 Å². The van der Waals surface area contributed by atoms with Gasteiger partial charge in [0.1, 0.15) is 0 Å². The van der Waals surface area contributed by atoms with Gasteiger partial charge in [-0.1, -0.05) is 48.0 Å². The number of aliphatic hydroxyl groups is 1. The van der Waals surface area contributed by atoms with Crippen LogP contribution in [0.1, 0.15) is 58.7 Å². The highest BCUT2D eigenvalue weighted by molar-refractivity contribution is 6.33. The van der Waals surface area contributed by atoms with Gasteiger partial charge in [0.05, 0.1) is 40.0 Å². The quantitative estimate of drug-likeness (QED) is 0.145. The minimum Gasteiger partial charge on any atom is -0.478 e. The molecule has 0 spiro atoms. The Morgan fingerprint density at radius 3 is 1.57 bits per heavy atom. The molecule has 0 heterocycles. The Hall–Kier alpha value is -4.66. The summed E-state index contributed by atoms with van der Waals surface area (Å²) in [5, 5.41) is 30.7. The van der Waals surface area contributed by atoms with Crippen LogP contribution in [0.15, 0.2) is 72.8 Å². The minimum atomic E-state index is -4.59. The lowest BCUT2D eigenvalue weighted by Crippen LogP contribution is -2.45. The number of nitrogens with two attached hydrogens (primary N) is 1. The van der Waals surface area contributed by atoms with Crippen molar-refractivity contribution in [2.75, 3.05) is 12.3 Å². The van der Waals surface area contributed by atoms with Gasteiger partial charge in [-0.2, -0.15) is 13.2 Å². The molecule has 0 fully saturated rings. The Morgan fingerprint density at radius 1 is 0.826 bits per heavy atom. The number of carbonyl (C=O) groups is 4. The van der Waals surface area contributed by atoms with Crippen LogP contribution in [0.2, 0.25) is 5.02 Å². The van der Waals surface area contributed by atoms with Crippen molar-refractivity contribution in [1.82, 2.24) is 5.32 Å². The zero-order valence-corrected chi connectivity index (χ0v) is 25.5. The first kappa shape index (κ1) is 37.5. The third kappa shape index (κ3) is 11.1. The predicted molar refractivity (Wildman–Crippen MR) is 160 cm³/mol. The number of aliphatic carboxylic acids is 2. The summed E-state index contributed by atoms with van der Waals surface area (Å²) < 4.78 is 48.2. The third-order valence-electron chi connectivity index (χ3n) is 5.90. The Bertz CT molecular complexity index is 1450. The molecular weight excluding hydrogens is 637 g/mol. The molecule has 0 saturated carbocycles. The number of rotatable bonds is 10. The number of ether oxygens (including phenoxy) is 2. The molecule has 0 aliphatic carbocycles. The first-order chi connectivity index (χ1) is 21.4. The molecule has 3 aromatic rings. The smallest absolute Gasteiger partial charge is 0.418 e. The lowest BCUT2D eigenvalue weighted by molar-refractivity contribution is -0.166. The second-order valence-corrected chi connectivity index (χ2v) is 11.1. The summed E-state index contributed by atoms with van der Waals surface area (Å²) in [7, 11) is 0. The highest BCUT2D eigenvalue weighted by Crippen LogP contribution is 2.39. The van der Waals surface area contributed by atoms with Gasteiger partial charge in [0.25, 0.3) is 0 Å². The first-order valence-electron chi connectivity index (χ1n) is 13.4. The van der Waals surface area contributed by atoms with E-state index in [1.165, 1.54) is 54.6 Å². The first-order valence-corrected chi connectivity index (χ1v) is 13.8. The summed E-state index contributed by atoms with van der Waals surface area (Å²) in [4.78, 5) is 46.8. The third-order valence-corrected chi connectivity index (χ3v) is 6.21. The maximum Gasteiger partial charge on any atom is 0.418 e. The topological polar surface area (TPSA) is 185 Å². The number of benzene rings is 3. The number of carboxylic acids is 2. The molecule has 0 aliphatic rings. The maximum atomic E-state index is 12.9. The molecule has 3 rings (SSSR count). The van der Waals surface area contributed by atoms with Crippen LogP contribution in [0.4, 0.5) is 18.9 Å². The number of alkyl halides is 3. The molecule has 3 atom stereocenters. The second kappa shape index (κ2) is 16.1. The van der Waals surface area contributed by atoms with Gasteiger partial charge < -0.3 is 35.8 Å². The van der Waals surface area contributed by atoms with Crippen LogP contribution in [-0.4, -0.2) is 63.6 Å². The number of hydrogen-bond donors (Lipinski definition) is 5. The number of nitrogen functional groups attached to an aromatic ring is 1. The van der Waals surface area contributed by atoms with Crippen molar-refractivity contribution in [2.45, 2.75) is 50.7 Å². The number of carbonyl (C=O) groups excluding carboxylic acids is 2. The zero-order valence-electron chi connectivity index (χ0n) is 24.7. The van der Waals surface area contributed by atoms with Crippen molar-refractivity contribution in [3.05, 3.63) is 100 Å². The van der Waals surface area contributed by atoms with E-state index in [0.717, 1.165) is 6.07 Å². The number of carboxylic acid groups (broad SMARTS) is 2. The fraction of sp³-hybridized carbons (Fsp3) is 0.290. The van der Waals surface area contributed by atoms with E-state index in [0.29, 0.717) is 0 Å². The van der Waals surface area contributed by atoms with Crippen LogP contribution >= 0.6 is 11.6 Å². The van der Waals surface area contributed by atoms with E-state index in [1.807, 2.05) is 20.8 Å². The molecule has 15 heteroatoms. The normalized spacial score (nSPS) is 13.3. The SMILES string of the molecule is CC(C)(C)NC(CO)c1cc(Cl)c(N)c(C(F)(F)F)c1.O=C(O[C@@H](C(=O)O)[C@@H](OC(=O)c1ccccc1)C(=O)O)c1ccccc1. The second-order valence-electron chi connectivity index (χ2n) is 10.7. The van der Waals surface area contributed by atoms with Crippen molar-refractivity contribution >= 4 is 41.2 Å². The van der Waals surface area contributed by atoms with Crippen molar-refractivity contribution < 1.29 is 57.1 Å². The Morgan fingerprint density at radius 2 is 1.24 bits per heavy atom. The average molecular weight is 669 g/mol. The number of nitrogens with one attached hydrogen (secondary N) is 1. The van der Waals surface area contributed by atoms with E-state index in [1.54, 1.807) is 12.1 Å². The number of aliphatic hydroxyl groups excluding tert-OH is 1. The molecule has 3 aromatic carbocycles. The Kier molecular flexibility index (Phi) is 13.1. The lowest BCUT2D eigenvalue weighted by Gasteiger charge is -2.28. The molecule has 0 amide bonds. The molecule has 248 valence electrons. The van der Waals surface area contributed by atoms with E-state index in [2.05, 4.69) is 5.32 Å². The summed E-state index contributed by atoms with van der Waals surface area (Å²) >= 11 is 5.76. The lowest BCUT2D eigenvalue weighted by atomic mass is 9.99.